The Bertz CT molecular complexity index is 413. The third-order valence-electron chi connectivity index (χ3n) is 4.20. The highest BCUT2D eigenvalue weighted by Crippen LogP contribution is 2.22. The van der Waals surface area contributed by atoms with E-state index in [0.717, 1.165) is 45.9 Å². The molecule has 1 fully saturated rings. The van der Waals surface area contributed by atoms with E-state index < -0.39 is 0 Å². The summed E-state index contributed by atoms with van der Waals surface area (Å²) in [4.78, 5) is 2.47. The van der Waals surface area contributed by atoms with Gasteiger partial charge in [0, 0.05) is 32.7 Å². The number of benzene rings is 1. The van der Waals surface area contributed by atoms with Gasteiger partial charge in [-0.1, -0.05) is 18.2 Å². The minimum atomic E-state index is 0.894. The van der Waals surface area contributed by atoms with Crippen LogP contribution in [0.3, 0.4) is 0 Å². The third-order valence-corrected chi connectivity index (χ3v) is 4.20. The molecule has 2 aliphatic rings. The molecule has 0 aromatic heterocycles. The lowest BCUT2D eigenvalue weighted by Crippen LogP contribution is -2.40. The Morgan fingerprint density at radius 2 is 1.95 bits per heavy atom. The Kier molecular flexibility index (Phi) is 4.49. The first-order chi connectivity index (χ1) is 9.42. The monoisotopic (exact) mass is 260 g/mol. The van der Waals surface area contributed by atoms with Crippen LogP contribution in [0, 0.1) is 0 Å². The molecule has 1 heterocycles. The molecular formula is C16H24N2O. The van der Waals surface area contributed by atoms with Gasteiger partial charge < -0.3 is 10.1 Å². The molecule has 3 nitrogen and oxygen atoms in total. The molecule has 1 N–H and O–H groups in total. The van der Waals surface area contributed by atoms with Crippen molar-refractivity contribution in [3.63, 3.8) is 0 Å². The zero-order valence-corrected chi connectivity index (χ0v) is 11.7. The first kappa shape index (κ1) is 13.1. The number of nitrogens with zero attached hydrogens (tertiary/aromatic N) is 1. The van der Waals surface area contributed by atoms with E-state index in [9.17, 15) is 0 Å². The van der Waals surface area contributed by atoms with Crippen LogP contribution in [-0.2, 0) is 24.1 Å². The minimum Gasteiger partial charge on any atom is -0.379 e. The predicted molar refractivity (Wildman–Crippen MR) is 77.4 cm³/mol. The maximum atomic E-state index is 5.36. The topological polar surface area (TPSA) is 24.5 Å². The Hall–Kier alpha value is -0.900. The highest BCUT2D eigenvalue weighted by atomic mass is 16.5. The van der Waals surface area contributed by atoms with Gasteiger partial charge in [0.15, 0.2) is 0 Å². The standard InChI is InChI=1S/C16H24N2O/c1-2-15-5-4-14(12-16(15)3-1)13-17-6-7-18-8-10-19-11-9-18/h4-5,12,17H,1-3,6-11,13H2. The molecule has 1 aliphatic carbocycles. The maximum Gasteiger partial charge on any atom is 0.0594 e. The van der Waals surface area contributed by atoms with Crippen molar-refractivity contribution in [2.75, 3.05) is 39.4 Å². The normalized spacial score (nSPS) is 19.6. The summed E-state index contributed by atoms with van der Waals surface area (Å²) in [5.74, 6) is 0. The highest BCUT2D eigenvalue weighted by Gasteiger charge is 2.11. The van der Waals surface area contributed by atoms with Crippen LogP contribution in [0.15, 0.2) is 18.2 Å². The Morgan fingerprint density at radius 3 is 2.84 bits per heavy atom. The number of ether oxygens (including phenoxy) is 1. The fourth-order valence-electron chi connectivity index (χ4n) is 3.03. The largest absolute Gasteiger partial charge is 0.379 e. The van der Waals surface area contributed by atoms with Crippen LogP contribution in [-0.4, -0.2) is 44.3 Å². The number of morpholine rings is 1. The number of hydrogen-bond donors (Lipinski definition) is 1. The molecule has 104 valence electrons. The summed E-state index contributed by atoms with van der Waals surface area (Å²) in [5, 5.41) is 3.56. The number of hydrogen-bond acceptors (Lipinski definition) is 3. The van der Waals surface area contributed by atoms with Crippen LogP contribution in [0.4, 0.5) is 0 Å². The lowest BCUT2D eigenvalue weighted by atomic mass is 10.1. The molecule has 0 saturated carbocycles. The van der Waals surface area contributed by atoms with Crippen molar-refractivity contribution < 1.29 is 4.74 Å². The summed E-state index contributed by atoms with van der Waals surface area (Å²) in [6, 6.07) is 7.00. The Morgan fingerprint density at radius 1 is 1.11 bits per heavy atom. The molecule has 0 amide bonds. The van der Waals surface area contributed by atoms with Gasteiger partial charge in [-0.2, -0.15) is 0 Å². The molecule has 19 heavy (non-hydrogen) atoms. The van der Waals surface area contributed by atoms with Crippen molar-refractivity contribution >= 4 is 0 Å². The predicted octanol–water partition coefficient (Wildman–Crippen LogP) is 1.60. The van der Waals surface area contributed by atoms with E-state index >= 15 is 0 Å². The fourth-order valence-corrected chi connectivity index (χ4v) is 3.03. The van der Waals surface area contributed by atoms with Gasteiger partial charge in [0.25, 0.3) is 0 Å². The molecule has 1 saturated heterocycles. The van der Waals surface area contributed by atoms with Gasteiger partial charge in [-0.25, -0.2) is 0 Å². The number of fused-ring (bicyclic) bond motifs is 1. The van der Waals surface area contributed by atoms with Gasteiger partial charge in [0.2, 0.25) is 0 Å². The van der Waals surface area contributed by atoms with Gasteiger partial charge >= 0.3 is 0 Å². The van der Waals surface area contributed by atoms with E-state index in [1.165, 1.54) is 24.8 Å². The summed E-state index contributed by atoms with van der Waals surface area (Å²) in [6.07, 6.45) is 3.89. The summed E-state index contributed by atoms with van der Waals surface area (Å²) >= 11 is 0. The summed E-state index contributed by atoms with van der Waals surface area (Å²) < 4.78 is 5.36. The van der Waals surface area contributed by atoms with Crippen LogP contribution < -0.4 is 5.32 Å². The molecule has 1 aromatic carbocycles. The van der Waals surface area contributed by atoms with Crippen LogP contribution in [0.1, 0.15) is 23.1 Å². The smallest absolute Gasteiger partial charge is 0.0594 e. The summed E-state index contributed by atoms with van der Waals surface area (Å²) in [7, 11) is 0. The first-order valence-corrected chi connectivity index (χ1v) is 7.53. The van der Waals surface area contributed by atoms with E-state index in [0.29, 0.717) is 0 Å². The van der Waals surface area contributed by atoms with Gasteiger partial charge in [-0.15, -0.1) is 0 Å². The molecule has 1 aliphatic heterocycles. The van der Waals surface area contributed by atoms with Crippen molar-refractivity contribution in [1.29, 1.82) is 0 Å². The molecule has 1 aromatic rings. The minimum absolute atomic E-state index is 0.894. The van der Waals surface area contributed by atoms with Gasteiger partial charge in [0.05, 0.1) is 13.2 Å². The first-order valence-electron chi connectivity index (χ1n) is 7.53. The summed E-state index contributed by atoms with van der Waals surface area (Å²) in [6.45, 7) is 7.15. The Labute approximate surface area is 115 Å². The van der Waals surface area contributed by atoms with Crippen molar-refractivity contribution in [2.24, 2.45) is 0 Å². The molecule has 0 unspecified atom stereocenters. The van der Waals surface area contributed by atoms with E-state index in [4.69, 9.17) is 4.74 Å². The van der Waals surface area contributed by atoms with E-state index in [-0.39, 0.29) is 0 Å². The zero-order valence-electron chi connectivity index (χ0n) is 11.7. The second kappa shape index (κ2) is 6.51. The van der Waals surface area contributed by atoms with E-state index in [2.05, 4.69) is 28.4 Å². The quantitative estimate of drug-likeness (QED) is 0.814. The lowest BCUT2D eigenvalue weighted by molar-refractivity contribution is 0.0384. The molecule has 0 spiro atoms. The van der Waals surface area contributed by atoms with Gasteiger partial charge in [0.1, 0.15) is 0 Å². The second-order valence-corrected chi connectivity index (χ2v) is 5.59. The maximum absolute atomic E-state index is 5.36. The molecule has 3 heteroatoms. The third kappa shape index (κ3) is 3.56. The average molecular weight is 260 g/mol. The number of aryl methyl sites for hydroxylation is 2. The number of nitrogens with one attached hydrogen (secondary N) is 1. The van der Waals surface area contributed by atoms with Crippen LogP contribution in [0.5, 0.6) is 0 Å². The van der Waals surface area contributed by atoms with E-state index in [1.807, 2.05) is 0 Å². The molecule has 0 radical (unpaired) electrons. The number of rotatable bonds is 5. The molecular weight excluding hydrogens is 236 g/mol. The average Bonchev–Trinajstić information content (AvgIpc) is 2.92. The second-order valence-electron chi connectivity index (χ2n) is 5.59. The van der Waals surface area contributed by atoms with Crippen molar-refractivity contribution in [3.05, 3.63) is 34.9 Å². The van der Waals surface area contributed by atoms with Crippen molar-refractivity contribution in [1.82, 2.24) is 10.2 Å². The van der Waals surface area contributed by atoms with Crippen LogP contribution in [0.2, 0.25) is 0 Å². The lowest BCUT2D eigenvalue weighted by Gasteiger charge is -2.26. The van der Waals surface area contributed by atoms with E-state index in [1.54, 1.807) is 11.1 Å². The van der Waals surface area contributed by atoms with Crippen molar-refractivity contribution in [3.8, 4) is 0 Å². The van der Waals surface area contributed by atoms with Gasteiger partial charge in [-0.05, 0) is 36.0 Å². The Balaban J connectivity index is 1.40. The molecule has 0 bridgehead atoms. The zero-order chi connectivity index (χ0) is 12.9. The highest BCUT2D eigenvalue weighted by molar-refractivity contribution is 5.35. The SMILES string of the molecule is c1cc2c(cc1CNCCN1CCOCC1)CCC2. The molecule has 0 atom stereocenters. The van der Waals surface area contributed by atoms with Crippen LogP contribution in [0.25, 0.3) is 0 Å². The van der Waals surface area contributed by atoms with Crippen LogP contribution >= 0.6 is 0 Å². The van der Waals surface area contributed by atoms with Crippen molar-refractivity contribution in [2.45, 2.75) is 25.8 Å². The summed E-state index contributed by atoms with van der Waals surface area (Å²) in [5.41, 5.74) is 4.58. The fraction of sp³-hybridized carbons (Fsp3) is 0.625. The van der Waals surface area contributed by atoms with Gasteiger partial charge in [-0.3, -0.25) is 4.90 Å². The molecule has 3 rings (SSSR count).